The summed E-state index contributed by atoms with van der Waals surface area (Å²) in [6.07, 6.45) is 2.43. The number of halogens is 1. The molecule has 0 aliphatic carbocycles. The molecule has 2 amide bonds. The molecule has 0 bridgehead atoms. The number of benzene rings is 1. The lowest BCUT2D eigenvalue weighted by Crippen LogP contribution is -2.36. The highest BCUT2D eigenvalue weighted by atomic mass is 79.9. The van der Waals surface area contributed by atoms with E-state index in [0.29, 0.717) is 23.0 Å². The highest BCUT2D eigenvalue weighted by molar-refractivity contribution is 9.10. The maximum Gasteiger partial charge on any atom is 0.293 e. The quantitative estimate of drug-likeness (QED) is 0.632. The molecule has 1 heterocycles. The molecule has 1 fully saturated rings. The summed E-state index contributed by atoms with van der Waals surface area (Å²) in [6.45, 7) is 6.23. The number of methoxy groups -OCH3 is 1. The predicted octanol–water partition coefficient (Wildman–Crippen LogP) is 4.69. The van der Waals surface area contributed by atoms with E-state index >= 15 is 0 Å². The van der Waals surface area contributed by atoms with E-state index in [0.717, 1.165) is 28.2 Å². The van der Waals surface area contributed by atoms with Gasteiger partial charge in [-0.1, -0.05) is 6.92 Å². The van der Waals surface area contributed by atoms with Crippen molar-refractivity contribution in [3.05, 3.63) is 27.1 Å². The molecular formula is C17H20BrNO4S. The van der Waals surface area contributed by atoms with E-state index in [4.69, 9.17) is 9.47 Å². The Morgan fingerprint density at radius 3 is 2.62 bits per heavy atom. The molecule has 1 aliphatic heterocycles. The number of nitrogens with zero attached hydrogens (tertiary/aromatic N) is 1. The van der Waals surface area contributed by atoms with Gasteiger partial charge in [0.25, 0.3) is 11.1 Å². The summed E-state index contributed by atoms with van der Waals surface area (Å²) in [5, 5.41) is -0.224. The van der Waals surface area contributed by atoms with Crippen molar-refractivity contribution >= 4 is 44.9 Å². The van der Waals surface area contributed by atoms with E-state index in [9.17, 15) is 9.59 Å². The van der Waals surface area contributed by atoms with E-state index in [2.05, 4.69) is 15.9 Å². The molecule has 0 N–H and O–H groups in total. The second-order valence-electron chi connectivity index (χ2n) is 5.28. The average molecular weight is 414 g/mol. The molecule has 0 saturated carbocycles. The summed E-state index contributed by atoms with van der Waals surface area (Å²) < 4.78 is 11.6. The van der Waals surface area contributed by atoms with Gasteiger partial charge in [0, 0.05) is 6.04 Å². The first-order chi connectivity index (χ1) is 11.4. The molecule has 1 aromatic rings. The van der Waals surface area contributed by atoms with Gasteiger partial charge in [-0.05, 0) is 71.7 Å². The zero-order valence-corrected chi connectivity index (χ0v) is 16.5. The second-order valence-corrected chi connectivity index (χ2v) is 7.12. The molecule has 1 aliphatic rings. The fraction of sp³-hybridized carbons (Fsp3) is 0.412. The number of amides is 2. The first-order valence-electron chi connectivity index (χ1n) is 7.70. The van der Waals surface area contributed by atoms with Crippen LogP contribution < -0.4 is 9.47 Å². The minimum absolute atomic E-state index is 0.106. The largest absolute Gasteiger partial charge is 0.493 e. The molecule has 1 atom stereocenters. The Morgan fingerprint density at radius 1 is 1.33 bits per heavy atom. The summed E-state index contributed by atoms with van der Waals surface area (Å²) in [6, 6.07) is 3.52. The van der Waals surface area contributed by atoms with Gasteiger partial charge in [0.15, 0.2) is 11.5 Å². The third-order valence-corrected chi connectivity index (χ3v) is 5.17. The molecule has 7 heteroatoms. The van der Waals surface area contributed by atoms with Crippen LogP contribution in [0.5, 0.6) is 11.5 Å². The lowest BCUT2D eigenvalue weighted by molar-refractivity contribution is -0.124. The standard InChI is InChI=1S/C17H20BrNO4S/c1-5-10(3)19-16(20)14(24-17(19)21)9-11-7-12(18)15(23-6-2)13(8-11)22-4/h7-10H,5-6H2,1-4H3/b14-9+/t10-/m1/s1. The van der Waals surface area contributed by atoms with Gasteiger partial charge in [0.05, 0.1) is 23.1 Å². The van der Waals surface area contributed by atoms with Crippen LogP contribution >= 0.6 is 27.7 Å². The van der Waals surface area contributed by atoms with Crippen LogP contribution in [0.15, 0.2) is 21.5 Å². The van der Waals surface area contributed by atoms with Crippen LogP contribution in [0, 0.1) is 0 Å². The Hall–Kier alpha value is -1.47. The third-order valence-electron chi connectivity index (χ3n) is 3.69. The van der Waals surface area contributed by atoms with Gasteiger partial charge < -0.3 is 9.47 Å². The van der Waals surface area contributed by atoms with Crippen molar-refractivity contribution in [3.63, 3.8) is 0 Å². The first-order valence-corrected chi connectivity index (χ1v) is 9.31. The number of carbonyl (C=O) groups excluding carboxylic acids is 2. The zero-order chi connectivity index (χ0) is 17.9. The molecule has 0 unspecified atom stereocenters. The fourth-order valence-electron chi connectivity index (χ4n) is 2.30. The number of hydrogen-bond donors (Lipinski definition) is 0. The van der Waals surface area contributed by atoms with E-state index in [1.807, 2.05) is 26.8 Å². The molecule has 0 spiro atoms. The van der Waals surface area contributed by atoms with Crippen LogP contribution in [0.2, 0.25) is 0 Å². The van der Waals surface area contributed by atoms with Gasteiger partial charge in [-0.2, -0.15) is 0 Å². The Labute approximate surface area is 154 Å². The molecule has 24 heavy (non-hydrogen) atoms. The van der Waals surface area contributed by atoms with Crippen molar-refractivity contribution in [1.82, 2.24) is 4.90 Å². The summed E-state index contributed by atoms with van der Waals surface area (Å²) in [7, 11) is 1.56. The van der Waals surface area contributed by atoms with Crippen molar-refractivity contribution in [2.45, 2.75) is 33.2 Å². The highest BCUT2D eigenvalue weighted by Crippen LogP contribution is 2.39. The van der Waals surface area contributed by atoms with Crippen molar-refractivity contribution in [3.8, 4) is 11.5 Å². The van der Waals surface area contributed by atoms with Gasteiger partial charge in [-0.25, -0.2) is 0 Å². The Kier molecular flexibility index (Phi) is 6.34. The second kappa shape index (κ2) is 8.07. The average Bonchev–Trinajstić information content (AvgIpc) is 2.83. The van der Waals surface area contributed by atoms with Gasteiger partial charge in [-0.3, -0.25) is 14.5 Å². The molecule has 0 aromatic heterocycles. The Morgan fingerprint density at radius 2 is 2.04 bits per heavy atom. The monoisotopic (exact) mass is 413 g/mol. The van der Waals surface area contributed by atoms with E-state index in [-0.39, 0.29) is 17.2 Å². The molecule has 1 aromatic carbocycles. The maximum absolute atomic E-state index is 12.5. The van der Waals surface area contributed by atoms with Crippen molar-refractivity contribution < 1.29 is 19.1 Å². The number of rotatable bonds is 6. The highest BCUT2D eigenvalue weighted by Gasteiger charge is 2.37. The molecule has 5 nitrogen and oxygen atoms in total. The van der Waals surface area contributed by atoms with Crippen LogP contribution in [0.4, 0.5) is 4.79 Å². The number of imide groups is 1. The van der Waals surface area contributed by atoms with Gasteiger partial charge in [-0.15, -0.1) is 0 Å². The smallest absolute Gasteiger partial charge is 0.293 e. The first kappa shape index (κ1) is 18.9. The summed E-state index contributed by atoms with van der Waals surface area (Å²) in [4.78, 5) is 26.3. The van der Waals surface area contributed by atoms with Crippen LogP contribution in [-0.4, -0.2) is 35.8 Å². The number of hydrogen-bond acceptors (Lipinski definition) is 5. The number of thioether (sulfide) groups is 1. The number of ether oxygens (including phenoxy) is 2. The van der Waals surface area contributed by atoms with Crippen molar-refractivity contribution in [2.75, 3.05) is 13.7 Å². The fourth-order valence-corrected chi connectivity index (χ4v) is 3.81. The summed E-state index contributed by atoms with van der Waals surface area (Å²) >= 11 is 4.42. The molecular weight excluding hydrogens is 394 g/mol. The lowest BCUT2D eigenvalue weighted by atomic mass is 10.1. The minimum Gasteiger partial charge on any atom is -0.493 e. The SMILES string of the molecule is CCOc1c(Br)cc(/C=C2/SC(=O)N([C@H](C)CC)C2=O)cc1OC. The zero-order valence-electron chi connectivity index (χ0n) is 14.1. The third kappa shape index (κ3) is 3.78. The van der Waals surface area contributed by atoms with Crippen LogP contribution in [0.3, 0.4) is 0 Å². The normalized spacial score (nSPS) is 17.5. The van der Waals surface area contributed by atoms with Gasteiger partial charge >= 0.3 is 0 Å². The van der Waals surface area contributed by atoms with Crippen LogP contribution in [0.25, 0.3) is 6.08 Å². The summed E-state index contributed by atoms with van der Waals surface area (Å²) in [5.74, 6) is 0.937. The molecule has 130 valence electrons. The Bertz CT molecular complexity index is 689. The maximum atomic E-state index is 12.5. The molecule has 0 radical (unpaired) electrons. The van der Waals surface area contributed by atoms with Gasteiger partial charge in [0.2, 0.25) is 0 Å². The van der Waals surface area contributed by atoms with E-state index in [1.165, 1.54) is 4.90 Å². The van der Waals surface area contributed by atoms with E-state index in [1.54, 1.807) is 19.3 Å². The number of carbonyl (C=O) groups is 2. The topological polar surface area (TPSA) is 55.8 Å². The lowest BCUT2D eigenvalue weighted by Gasteiger charge is -2.19. The Balaban J connectivity index is 2.37. The van der Waals surface area contributed by atoms with Crippen molar-refractivity contribution in [2.24, 2.45) is 0 Å². The minimum atomic E-state index is -0.247. The molecule has 1 saturated heterocycles. The van der Waals surface area contributed by atoms with Crippen LogP contribution in [0.1, 0.15) is 32.8 Å². The predicted molar refractivity (Wildman–Crippen MR) is 99.4 cm³/mol. The van der Waals surface area contributed by atoms with Crippen LogP contribution in [-0.2, 0) is 4.79 Å². The van der Waals surface area contributed by atoms with Crippen molar-refractivity contribution in [1.29, 1.82) is 0 Å². The van der Waals surface area contributed by atoms with Gasteiger partial charge in [0.1, 0.15) is 0 Å². The summed E-state index contributed by atoms with van der Waals surface area (Å²) in [5.41, 5.74) is 0.761. The molecule has 2 rings (SSSR count). The van der Waals surface area contributed by atoms with E-state index < -0.39 is 0 Å².